The molecule has 0 aliphatic heterocycles. The Morgan fingerprint density at radius 3 is 1.17 bits per heavy atom. The quantitative estimate of drug-likeness (QED) is 0.0207. The van der Waals surface area contributed by atoms with Crippen LogP contribution in [0.3, 0.4) is 0 Å². The van der Waals surface area contributed by atoms with E-state index in [4.69, 9.17) is 48.1 Å². The number of ether oxygens (including phenoxy) is 6. The molecule has 137 heavy (non-hydrogen) atoms. The first kappa shape index (κ1) is 104. The summed E-state index contributed by atoms with van der Waals surface area (Å²) in [6, 6.07) is 51.5. The number of benzene rings is 6. The van der Waals surface area contributed by atoms with Crippen molar-refractivity contribution in [1.29, 1.82) is 0 Å². The van der Waals surface area contributed by atoms with E-state index in [1.165, 1.54) is 54.4 Å². The normalized spacial score (nSPS) is 15.0. The van der Waals surface area contributed by atoms with Gasteiger partial charge in [0.05, 0.1) is 93.0 Å². The third kappa shape index (κ3) is 31.6. The van der Waals surface area contributed by atoms with E-state index in [1.54, 1.807) is 55.6 Å². The number of nitrogens with zero attached hydrogens (tertiary/aromatic N) is 9. The van der Waals surface area contributed by atoms with E-state index in [9.17, 15) is 38.4 Å². The van der Waals surface area contributed by atoms with E-state index < -0.39 is 12.1 Å². The smallest absolute Gasteiger partial charge is 0.272 e. The van der Waals surface area contributed by atoms with Gasteiger partial charge in [-0.05, 0) is 159 Å². The minimum atomic E-state index is -0.429. The minimum Gasteiger partial charge on any atom is -0.496 e. The van der Waals surface area contributed by atoms with Crippen molar-refractivity contribution in [3.05, 3.63) is 216 Å². The number of oxazole rings is 1. The highest BCUT2D eigenvalue weighted by Crippen LogP contribution is 2.46. The van der Waals surface area contributed by atoms with Crippen LogP contribution in [0.25, 0.3) is 33.8 Å². The van der Waals surface area contributed by atoms with Crippen molar-refractivity contribution in [1.82, 2.24) is 76.0 Å². The van der Waals surface area contributed by atoms with E-state index in [0.29, 0.717) is 104 Å². The first-order chi connectivity index (χ1) is 66.1. The van der Waals surface area contributed by atoms with Crippen LogP contribution in [0.5, 0.6) is 34.5 Å². The van der Waals surface area contributed by atoms with Gasteiger partial charge in [0.2, 0.25) is 35.4 Å². The summed E-state index contributed by atoms with van der Waals surface area (Å²) in [5.74, 6) is 3.80. The fraction of sp³-hybridized carbons (Fsp3) is 0.477. The monoisotopic (exact) mass is 1880 g/mol. The number of likely N-dealkylation sites (N-methyl/N-ethyl adjacent to an activating group) is 2. The van der Waals surface area contributed by atoms with Crippen LogP contribution in [0, 0.1) is 29.6 Å². The highest BCUT2D eigenvalue weighted by atomic mass is 16.5. The number of carbonyl (C=O) groups is 8. The molecule has 0 bridgehead atoms. The Balaban J connectivity index is 0.000000197. The lowest BCUT2D eigenvalue weighted by Gasteiger charge is -2.29. The van der Waals surface area contributed by atoms with Crippen LogP contribution in [-0.2, 0) is 56.9 Å². The molecule has 5 atom stereocenters. The van der Waals surface area contributed by atoms with E-state index in [1.807, 2.05) is 199 Å². The van der Waals surface area contributed by atoms with Gasteiger partial charge >= 0.3 is 0 Å². The van der Waals surface area contributed by atoms with E-state index in [2.05, 4.69) is 57.7 Å². The zero-order valence-electron chi connectivity index (χ0n) is 82.3. The van der Waals surface area contributed by atoms with Crippen molar-refractivity contribution in [3.63, 3.8) is 0 Å². The van der Waals surface area contributed by atoms with Gasteiger partial charge in [-0.3, -0.25) is 52.4 Å². The maximum atomic E-state index is 13.8. The molecule has 6 N–H and O–H groups in total. The lowest BCUT2D eigenvalue weighted by molar-refractivity contribution is -0.131. The average Bonchev–Trinajstić information content (AvgIpc) is 1.65. The number of carbonyl (C=O) groups excluding carboxylic acids is 8. The molecule has 3 fully saturated rings. The van der Waals surface area contributed by atoms with Crippen LogP contribution in [0.1, 0.15) is 243 Å². The second-order valence-electron chi connectivity index (χ2n) is 37.7. The van der Waals surface area contributed by atoms with Gasteiger partial charge < -0.3 is 74.5 Å². The third-order valence-corrected chi connectivity index (χ3v) is 24.7. The Hall–Kier alpha value is -13.3. The van der Waals surface area contributed by atoms with Crippen molar-refractivity contribution in [2.24, 2.45) is 29.6 Å². The predicted octanol–water partition coefficient (Wildman–Crippen LogP) is 17.6. The molecule has 0 saturated heterocycles. The fourth-order valence-electron chi connectivity index (χ4n) is 17.9. The highest BCUT2D eigenvalue weighted by Gasteiger charge is 2.34. The molecule has 30 heteroatoms. The Morgan fingerprint density at radius 2 is 0.788 bits per heavy atom. The molecule has 30 nitrogen and oxygen atoms in total. The zero-order valence-corrected chi connectivity index (χ0v) is 82.3. The Kier molecular flexibility index (Phi) is 40.1. The van der Waals surface area contributed by atoms with Gasteiger partial charge in [-0.2, -0.15) is 15.3 Å². The highest BCUT2D eigenvalue weighted by molar-refractivity contribution is 5.97. The van der Waals surface area contributed by atoms with Gasteiger partial charge in [0.1, 0.15) is 60.6 Å². The average molecular weight is 1880 g/mol. The van der Waals surface area contributed by atoms with Crippen molar-refractivity contribution in [3.8, 4) is 68.3 Å². The van der Waals surface area contributed by atoms with Crippen LogP contribution in [0.2, 0.25) is 0 Å². The molecular weight excluding hydrogens is 1740 g/mol. The molecule has 0 spiro atoms. The SMILES string of the molecule is COc1cccc(OCc2ccccc2)c1-c1cc(C(=O)N[C@H](CC(=O)NCC(=O)N(C)C)CC(C)C)nn1C1CCCC(C)C1.COc1cccc(OCc2ccccc2)c1-c1cc(C(=O)N[C@H](CC(=O)NCC(=O)N(C)C)CC(C)C)nn1C1CCCCC1.COc1cccc(OCc2ccccc2)c1-c1cc(C(=O)N[C@H](CC(=O)NCc2ncco2)CC(C)C)nn1CC1CCCCC1. The maximum absolute atomic E-state index is 13.8. The number of rotatable bonds is 43. The summed E-state index contributed by atoms with van der Waals surface area (Å²) in [5, 5.41) is 32.1. The van der Waals surface area contributed by atoms with E-state index in [0.717, 1.165) is 108 Å². The molecule has 10 aromatic rings. The largest absolute Gasteiger partial charge is 0.496 e. The first-order valence-electron chi connectivity index (χ1n) is 48.4. The lowest BCUT2D eigenvalue weighted by Crippen LogP contribution is -2.42. The van der Waals surface area contributed by atoms with Crippen molar-refractivity contribution < 1.29 is 71.2 Å². The van der Waals surface area contributed by atoms with Crippen LogP contribution < -0.4 is 60.3 Å². The predicted molar refractivity (Wildman–Crippen MR) is 528 cm³/mol. The molecule has 3 saturated carbocycles. The van der Waals surface area contributed by atoms with Gasteiger partial charge in [0.15, 0.2) is 17.1 Å². The number of methoxy groups -OCH3 is 3. The summed E-state index contributed by atoms with van der Waals surface area (Å²) >= 11 is 0. The van der Waals surface area contributed by atoms with Crippen molar-refractivity contribution >= 4 is 47.3 Å². The number of aromatic nitrogens is 7. The Bertz CT molecular complexity index is 5510. The van der Waals surface area contributed by atoms with E-state index in [-0.39, 0.29) is 133 Å². The maximum Gasteiger partial charge on any atom is 0.272 e. The van der Waals surface area contributed by atoms with Crippen molar-refractivity contribution in [2.45, 2.75) is 240 Å². The van der Waals surface area contributed by atoms with Crippen molar-refractivity contribution in [2.75, 3.05) is 62.6 Å². The topological polar surface area (TPSA) is 350 Å². The summed E-state index contributed by atoms with van der Waals surface area (Å²) < 4.78 is 47.7. The molecule has 734 valence electrons. The van der Waals surface area contributed by atoms with Crippen LogP contribution in [-0.4, -0.2) is 172 Å². The Morgan fingerprint density at radius 1 is 0.423 bits per heavy atom. The molecule has 8 amide bonds. The second-order valence-corrected chi connectivity index (χ2v) is 37.7. The van der Waals surface area contributed by atoms with Gasteiger partial charge in [-0.25, -0.2) is 4.98 Å². The molecule has 4 heterocycles. The third-order valence-electron chi connectivity index (χ3n) is 24.7. The minimum absolute atomic E-state index is 0.0579. The molecular formula is C107H141N15O15. The van der Waals surface area contributed by atoms with E-state index >= 15 is 0 Å². The van der Waals surface area contributed by atoms with Gasteiger partial charge in [0, 0.05) is 72.1 Å². The van der Waals surface area contributed by atoms with Crippen LogP contribution >= 0.6 is 0 Å². The summed E-state index contributed by atoms with van der Waals surface area (Å²) in [7, 11) is 11.5. The fourth-order valence-corrected chi connectivity index (χ4v) is 17.9. The molecule has 3 aliphatic carbocycles. The molecule has 6 aromatic carbocycles. The van der Waals surface area contributed by atoms with Crippen LogP contribution in [0.15, 0.2) is 181 Å². The molecule has 4 aromatic heterocycles. The van der Waals surface area contributed by atoms with Gasteiger partial charge in [0.25, 0.3) is 17.7 Å². The molecule has 2 unspecified atom stereocenters. The standard InChI is InChI=1S/C36H45N5O5.C36H49N5O5.C35H47N5O5/c1-25(2)19-28(20-33(42)38-22-34-37-17-18-45-34)39-36(43)29-21-30(41(40-29)23-26-11-6-4-7-12-26)35-31(44-3)15-10-16-32(35)46-24-27-13-8-5-9-14-27;1-24(2)18-27(20-33(42)37-22-34(43)40(4)5)38-36(44)29-21-30(41(39-29)28-15-10-12-25(3)19-28)35-31(45-6)16-11-17-32(35)46-23-26-13-8-7-9-14-26;1-24(2)19-26(20-32(41)36-22-33(42)39(3)4)37-35(43)28-21-29(40(38-28)27-15-10-7-11-16-27)34-30(44-5)17-12-18-31(34)45-23-25-13-8-6-9-14-25/h5,8-10,13-18,21,25-26,28H,4,6-7,11-12,19-20,22-24H2,1-3H3,(H,38,42)(H,39,43);7-9,11,13-14,16-17,21,24-25,27-28H,10,12,15,18-20,22-23H2,1-6H3,(H,37,42)(H,38,44);6,8-9,12-14,17-18,21,24,26-27H,7,10-11,15-16,19-20,22-23H2,1-5H3,(H,36,41)(H,37,43)/t28-;25?,27-,28?;26-/m000/s1. The second kappa shape index (κ2) is 52.7. The summed E-state index contributed by atoms with van der Waals surface area (Å²) in [6.07, 6.45) is 20.4. The zero-order chi connectivity index (χ0) is 97.9. The van der Waals surface area contributed by atoms with Crippen LogP contribution in [0.4, 0.5) is 0 Å². The molecule has 3 aliphatic rings. The summed E-state index contributed by atoms with van der Waals surface area (Å²) in [4.78, 5) is 110. The summed E-state index contributed by atoms with van der Waals surface area (Å²) in [6.45, 7) is 16.4. The van der Waals surface area contributed by atoms with Gasteiger partial charge in [-0.1, -0.05) is 209 Å². The lowest BCUT2D eigenvalue weighted by atomic mass is 9.87. The summed E-state index contributed by atoms with van der Waals surface area (Å²) in [5.41, 5.74) is 8.48. The number of hydrogen-bond acceptors (Lipinski definition) is 19. The van der Waals surface area contributed by atoms with Gasteiger partial charge in [-0.15, -0.1) is 0 Å². The Labute approximate surface area is 806 Å². The number of nitrogens with one attached hydrogen (secondary N) is 6. The number of hydrogen-bond donors (Lipinski definition) is 6. The molecule has 13 rings (SSSR count). The number of amides is 8. The first-order valence-corrected chi connectivity index (χ1v) is 48.4. The molecule has 0 radical (unpaired) electrons.